The minimum absolute atomic E-state index is 0.00749. The number of H-pyrrole nitrogens is 1. The van der Waals surface area contributed by atoms with Gasteiger partial charge in [-0.1, -0.05) is 0 Å². The van der Waals surface area contributed by atoms with Crippen molar-refractivity contribution in [2.75, 3.05) is 7.11 Å². The van der Waals surface area contributed by atoms with E-state index in [2.05, 4.69) is 20.5 Å². The number of aromatic nitrogens is 3. The molecule has 27 heavy (non-hydrogen) atoms. The van der Waals surface area contributed by atoms with Gasteiger partial charge in [0.05, 0.1) is 13.7 Å². The van der Waals surface area contributed by atoms with Gasteiger partial charge < -0.3 is 19.6 Å². The second-order valence-corrected chi connectivity index (χ2v) is 6.47. The molecule has 0 radical (unpaired) electrons. The van der Waals surface area contributed by atoms with Gasteiger partial charge in [-0.15, -0.1) is 0 Å². The largest absolute Gasteiger partial charge is 0.504 e. The molecule has 0 saturated heterocycles. The summed E-state index contributed by atoms with van der Waals surface area (Å²) in [6.07, 6.45) is 2.86. The van der Waals surface area contributed by atoms with Crippen LogP contribution in [0.1, 0.15) is 39.6 Å². The minimum atomic E-state index is -0.222. The predicted molar refractivity (Wildman–Crippen MR) is 96.7 cm³/mol. The van der Waals surface area contributed by atoms with Crippen LogP contribution in [0.25, 0.3) is 11.5 Å². The molecular formula is C19H20N4O4. The third kappa shape index (κ3) is 3.14. The van der Waals surface area contributed by atoms with Crippen molar-refractivity contribution in [3.8, 4) is 23.0 Å². The van der Waals surface area contributed by atoms with E-state index in [1.807, 2.05) is 0 Å². The summed E-state index contributed by atoms with van der Waals surface area (Å²) in [7, 11) is 1.49. The van der Waals surface area contributed by atoms with Crippen molar-refractivity contribution in [1.29, 1.82) is 0 Å². The average molecular weight is 368 g/mol. The number of fused-ring (bicyclic) bond motifs is 1. The monoisotopic (exact) mass is 368 g/mol. The van der Waals surface area contributed by atoms with Crippen LogP contribution in [0.3, 0.4) is 0 Å². The molecule has 1 amide bonds. The molecule has 0 saturated carbocycles. The number of aromatic hydroxyl groups is 1. The van der Waals surface area contributed by atoms with E-state index in [-0.39, 0.29) is 18.2 Å². The average Bonchev–Trinajstić information content (AvgIpc) is 3.35. The van der Waals surface area contributed by atoms with E-state index in [4.69, 9.17) is 9.15 Å². The van der Waals surface area contributed by atoms with Gasteiger partial charge >= 0.3 is 0 Å². The number of amides is 1. The summed E-state index contributed by atoms with van der Waals surface area (Å²) in [5.74, 6) is 1.14. The molecule has 140 valence electrons. The fourth-order valence-electron chi connectivity index (χ4n) is 3.29. The van der Waals surface area contributed by atoms with Gasteiger partial charge in [-0.25, -0.2) is 4.98 Å². The Labute approximate surface area is 155 Å². The smallest absolute Gasteiger partial charge is 0.272 e. The minimum Gasteiger partial charge on any atom is -0.504 e. The van der Waals surface area contributed by atoms with E-state index in [0.717, 1.165) is 30.5 Å². The van der Waals surface area contributed by atoms with Gasteiger partial charge in [-0.05, 0) is 44.4 Å². The number of benzene rings is 1. The highest BCUT2D eigenvalue weighted by atomic mass is 16.5. The summed E-state index contributed by atoms with van der Waals surface area (Å²) in [5.41, 5.74) is 3.78. The summed E-state index contributed by atoms with van der Waals surface area (Å²) < 4.78 is 10.7. The van der Waals surface area contributed by atoms with E-state index in [0.29, 0.717) is 34.4 Å². The fraction of sp³-hybridized carbons (Fsp3) is 0.316. The highest BCUT2D eigenvalue weighted by Crippen LogP contribution is 2.31. The molecule has 3 aromatic rings. The number of phenolic OH excluding ortho intramolecular Hbond substituents is 1. The maximum Gasteiger partial charge on any atom is 0.272 e. The number of nitrogens with one attached hydrogen (secondary N) is 2. The number of oxazole rings is 1. The standard InChI is InChI=1S/C19H20N4O4/c1-10-14(9-20-18(25)17-12-4-3-5-13(12)22-23-17)21-19(27-10)11-6-7-16(26-2)15(24)8-11/h6-8,24H,3-5,9H2,1-2H3,(H,20,25)(H,22,23). The van der Waals surface area contributed by atoms with E-state index in [1.165, 1.54) is 13.2 Å². The lowest BCUT2D eigenvalue weighted by molar-refractivity contribution is 0.0944. The Balaban J connectivity index is 1.49. The lowest BCUT2D eigenvalue weighted by Gasteiger charge is -2.03. The Morgan fingerprint density at radius 1 is 1.41 bits per heavy atom. The number of hydrogen-bond donors (Lipinski definition) is 3. The SMILES string of the molecule is COc1ccc(-c2nc(CNC(=O)c3n[nH]c4c3CCC4)c(C)o2)cc1O. The molecule has 0 fully saturated rings. The molecule has 3 N–H and O–H groups in total. The quantitative estimate of drug-likeness (QED) is 0.638. The van der Waals surface area contributed by atoms with Crippen molar-refractivity contribution >= 4 is 5.91 Å². The topological polar surface area (TPSA) is 113 Å². The van der Waals surface area contributed by atoms with Gasteiger partial charge in [-0.2, -0.15) is 5.10 Å². The summed E-state index contributed by atoms with van der Waals surface area (Å²) in [4.78, 5) is 16.9. The first-order valence-electron chi connectivity index (χ1n) is 8.75. The molecule has 0 atom stereocenters. The number of ether oxygens (including phenoxy) is 1. The van der Waals surface area contributed by atoms with Crippen LogP contribution < -0.4 is 10.1 Å². The first-order valence-corrected chi connectivity index (χ1v) is 8.75. The van der Waals surface area contributed by atoms with E-state index >= 15 is 0 Å². The number of hydrogen-bond acceptors (Lipinski definition) is 6. The van der Waals surface area contributed by atoms with Crippen molar-refractivity contribution in [3.05, 3.63) is 46.6 Å². The maximum absolute atomic E-state index is 12.4. The molecule has 0 unspecified atom stereocenters. The molecule has 2 heterocycles. The lowest BCUT2D eigenvalue weighted by Crippen LogP contribution is -2.24. The van der Waals surface area contributed by atoms with Crippen LogP contribution in [-0.2, 0) is 19.4 Å². The highest BCUT2D eigenvalue weighted by Gasteiger charge is 2.23. The van der Waals surface area contributed by atoms with Crippen LogP contribution in [0, 0.1) is 6.92 Å². The normalized spacial score (nSPS) is 12.8. The number of phenols is 1. The molecule has 4 rings (SSSR count). The second kappa shape index (κ2) is 6.79. The zero-order valence-electron chi connectivity index (χ0n) is 15.1. The Bertz CT molecular complexity index is 1010. The van der Waals surface area contributed by atoms with Crippen LogP contribution in [0.4, 0.5) is 0 Å². The summed E-state index contributed by atoms with van der Waals surface area (Å²) in [6.45, 7) is 2.02. The molecule has 0 aliphatic heterocycles. The van der Waals surface area contributed by atoms with Crippen LogP contribution in [0.15, 0.2) is 22.6 Å². The van der Waals surface area contributed by atoms with Gasteiger partial charge in [-0.3, -0.25) is 9.89 Å². The summed E-state index contributed by atoms with van der Waals surface area (Å²) in [5, 5.41) is 19.8. The number of carbonyl (C=O) groups excluding carboxylic acids is 1. The first-order chi connectivity index (χ1) is 13.1. The van der Waals surface area contributed by atoms with Gasteiger partial charge in [0.2, 0.25) is 5.89 Å². The maximum atomic E-state index is 12.4. The Kier molecular flexibility index (Phi) is 4.31. The molecule has 0 spiro atoms. The third-order valence-electron chi connectivity index (χ3n) is 4.76. The van der Waals surface area contributed by atoms with Crippen LogP contribution in [0.5, 0.6) is 11.5 Å². The second-order valence-electron chi connectivity index (χ2n) is 6.47. The number of aryl methyl sites for hydroxylation is 2. The van der Waals surface area contributed by atoms with Gasteiger partial charge in [0.15, 0.2) is 17.2 Å². The molecule has 8 heteroatoms. The van der Waals surface area contributed by atoms with Gasteiger partial charge in [0.1, 0.15) is 11.5 Å². The number of nitrogens with zero attached hydrogens (tertiary/aromatic N) is 2. The molecular weight excluding hydrogens is 348 g/mol. The third-order valence-corrected chi connectivity index (χ3v) is 4.76. The zero-order chi connectivity index (χ0) is 19.0. The first kappa shape index (κ1) is 17.1. The predicted octanol–water partition coefficient (Wildman–Crippen LogP) is 2.51. The van der Waals surface area contributed by atoms with Crippen LogP contribution in [0.2, 0.25) is 0 Å². The van der Waals surface area contributed by atoms with Crippen molar-refractivity contribution in [1.82, 2.24) is 20.5 Å². The van der Waals surface area contributed by atoms with Crippen molar-refractivity contribution in [2.45, 2.75) is 32.7 Å². The lowest BCUT2D eigenvalue weighted by atomic mass is 10.2. The van der Waals surface area contributed by atoms with Crippen molar-refractivity contribution < 1.29 is 19.1 Å². The van der Waals surface area contributed by atoms with E-state index in [1.54, 1.807) is 19.1 Å². The molecule has 0 bridgehead atoms. The molecule has 1 aliphatic rings. The number of carbonyl (C=O) groups is 1. The van der Waals surface area contributed by atoms with Crippen LogP contribution >= 0.6 is 0 Å². The molecule has 1 aromatic carbocycles. The van der Waals surface area contributed by atoms with E-state index < -0.39 is 0 Å². The van der Waals surface area contributed by atoms with Gasteiger partial charge in [0.25, 0.3) is 5.91 Å². The fourth-order valence-corrected chi connectivity index (χ4v) is 3.29. The summed E-state index contributed by atoms with van der Waals surface area (Å²) >= 11 is 0. The van der Waals surface area contributed by atoms with Gasteiger partial charge in [0, 0.05) is 16.8 Å². The molecule has 8 nitrogen and oxygen atoms in total. The van der Waals surface area contributed by atoms with Crippen LogP contribution in [-0.4, -0.2) is 33.3 Å². The number of rotatable bonds is 5. The zero-order valence-corrected chi connectivity index (χ0v) is 15.1. The van der Waals surface area contributed by atoms with E-state index in [9.17, 15) is 9.90 Å². The number of aromatic amines is 1. The highest BCUT2D eigenvalue weighted by molar-refractivity contribution is 5.94. The number of methoxy groups -OCH3 is 1. The molecule has 2 aromatic heterocycles. The Hall–Kier alpha value is -3.29. The summed E-state index contributed by atoms with van der Waals surface area (Å²) in [6, 6.07) is 4.92. The van der Waals surface area contributed by atoms with Crippen molar-refractivity contribution in [3.63, 3.8) is 0 Å². The Morgan fingerprint density at radius 2 is 2.26 bits per heavy atom. The molecule has 1 aliphatic carbocycles. The Morgan fingerprint density at radius 3 is 3.04 bits per heavy atom. The van der Waals surface area contributed by atoms with Crippen molar-refractivity contribution in [2.24, 2.45) is 0 Å².